The van der Waals surface area contributed by atoms with Crippen LogP contribution in [0.3, 0.4) is 0 Å². The fourth-order valence-electron chi connectivity index (χ4n) is 0.319. The average molecular weight is 185 g/mol. The third-order valence-electron chi connectivity index (χ3n) is 1.27. The van der Waals surface area contributed by atoms with Gasteiger partial charge in [0.2, 0.25) is 0 Å². The molecule has 0 spiro atoms. The van der Waals surface area contributed by atoms with Gasteiger partial charge in [-0.25, -0.2) is 0 Å². The molecule has 60 valence electrons. The summed E-state index contributed by atoms with van der Waals surface area (Å²) in [7, 11) is 0. The normalized spacial score (nSPS) is 49.2. The van der Waals surface area contributed by atoms with Crippen LogP contribution in [0.5, 0.6) is 0 Å². The topological polar surface area (TPSA) is 25.1 Å². The molecule has 0 aromatic heterocycles. The largest absolute Gasteiger partial charge is 0.353 e. The number of alkyl halides is 2. The number of ether oxygens (including phenoxy) is 2. The van der Waals surface area contributed by atoms with Gasteiger partial charge >= 0.3 is 0 Å². The summed E-state index contributed by atoms with van der Waals surface area (Å²) in [6, 6.07) is 0. The van der Waals surface area contributed by atoms with Gasteiger partial charge in [0.25, 0.3) is 0 Å². The standard InChI is InChI=1S/2C3H5ClO/c2*1-2-3(4)5-2/h2*2-3H,1H3. The SMILES string of the molecule is CC1OC1Cl.CC1OC1Cl. The molecule has 2 aliphatic rings. The Hall–Kier alpha value is 0.500. The van der Waals surface area contributed by atoms with Crippen molar-refractivity contribution in [1.29, 1.82) is 0 Å². The van der Waals surface area contributed by atoms with E-state index in [9.17, 15) is 0 Å². The molecule has 4 atom stereocenters. The van der Waals surface area contributed by atoms with E-state index in [4.69, 9.17) is 23.2 Å². The van der Waals surface area contributed by atoms with Crippen molar-refractivity contribution < 1.29 is 9.47 Å². The molecular formula is C6H10Cl2O2. The van der Waals surface area contributed by atoms with Crippen LogP contribution >= 0.6 is 23.2 Å². The lowest BCUT2D eigenvalue weighted by atomic mass is 10.6. The van der Waals surface area contributed by atoms with E-state index in [1.54, 1.807) is 0 Å². The Bertz CT molecular complexity index is 94.3. The van der Waals surface area contributed by atoms with Gasteiger partial charge in [0, 0.05) is 0 Å². The minimum absolute atomic E-state index is 0.0231. The van der Waals surface area contributed by atoms with Crippen molar-refractivity contribution in [1.82, 2.24) is 0 Å². The fourth-order valence-corrected chi connectivity index (χ4v) is 0.644. The van der Waals surface area contributed by atoms with Crippen molar-refractivity contribution in [2.24, 2.45) is 0 Å². The lowest BCUT2D eigenvalue weighted by molar-refractivity contribution is 0.411. The highest BCUT2D eigenvalue weighted by molar-refractivity contribution is 6.21. The first-order valence-corrected chi connectivity index (χ1v) is 4.07. The first-order chi connectivity index (χ1) is 4.61. The first kappa shape index (κ1) is 8.60. The molecule has 2 saturated heterocycles. The van der Waals surface area contributed by atoms with E-state index in [1.807, 2.05) is 13.8 Å². The van der Waals surface area contributed by atoms with Gasteiger partial charge in [-0.2, -0.15) is 0 Å². The second-order valence-corrected chi connectivity index (χ2v) is 3.25. The molecule has 2 rings (SSSR count). The average Bonchev–Trinajstić information content (AvgIpc) is 2.62. The zero-order valence-corrected chi connectivity index (χ0v) is 7.39. The molecule has 2 fully saturated rings. The van der Waals surface area contributed by atoms with Gasteiger partial charge in [-0.3, -0.25) is 0 Å². The lowest BCUT2D eigenvalue weighted by Gasteiger charge is -1.55. The monoisotopic (exact) mass is 184 g/mol. The minimum Gasteiger partial charge on any atom is -0.353 e. The van der Waals surface area contributed by atoms with Crippen LogP contribution in [-0.2, 0) is 9.47 Å². The van der Waals surface area contributed by atoms with Gasteiger partial charge in [0.15, 0.2) is 11.1 Å². The fraction of sp³-hybridized carbons (Fsp3) is 1.00. The van der Waals surface area contributed by atoms with Crippen molar-refractivity contribution in [2.75, 3.05) is 0 Å². The second kappa shape index (κ2) is 3.26. The summed E-state index contributed by atoms with van der Waals surface area (Å²) >= 11 is 10.6. The summed E-state index contributed by atoms with van der Waals surface area (Å²) in [4.78, 5) is 0. The van der Waals surface area contributed by atoms with Crippen LogP contribution in [0.2, 0.25) is 0 Å². The molecule has 2 heterocycles. The highest BCUT2D eigenvalue weighted by Crippen LogP contribution is 2.24. The van der Waals surface area contributed by atoms with Gasteiger partial charge in [-0.1, -0.05) is 23.2 Å². The second-order valence-electron chi connectivity index (χ2n) is 2.38. The molecule has 2 nitrogen and oxygen atoms in total. The third-order valence-corrected chi connectivity index (χ3v) is 2.19. The van der Waals surface area contributed by atoms with Crippen LogP contribution < -0.4 is 0 Å². The maximum absolute atomic E-state index is 5.31. The van der Waals surface area contributed by atoms with Crippen LogP contribution in [-0.4, -0.2) is 23.3 Å². The lowest BCUT2D eigenvalue weighted by Crippen LogP contribution is -1.69. The van der Waals surface area contributed by atoms with Gasteiger partial charge < -0.3 is 9.47 Å². The zero-order valence-electron chi connectivity index (χ0n) is 5.88. The molecule has 0 amide bonds. The molecule has 10 heavy (non-hydrogen) atoms. The van der Waals surface area contributed by atoms with Crippen molar-refractivity contribution in [3.05, 3.63) is 0 Å². The maximum atomic E-state index is 5.31. The van der Waals surface area contributed by atoms with Gasteiger partial charge in [-0.15, -0.1) is 0 Å². The van der Waals surface area contributed by atoms with Crippen molar-refractivity contribution in [3.63, 3.8) is 0 Å². The minimum atomic E-state index is 0.0231. The molecule has 0 bridgehead atoms. The molecule has 0 N–H and O–H groups in total. The van der Waals surface area contributed by atoms with Crippen molar-refractivity contribution >= 4 is 23.2 Å². The van der Waals surface area contributed by atoms with Gasteiger partial charge in [0.05, 0.1) is 12.2 Å². The summed E-state index contributed by atoms with van der Waals surface area (Å²) in [6.07, 6.45) is 0.633. The van der Waals surface area contributed by atoms with Crippen LogP contribution in [0.25, 0.3) is 0 Å². The summed E-state index contributed by atoms with van der Waals surface area (Å²) in [6.45, 7) is 3.88. The van der Waals surface area contributed by atoms with E-state index in [0.717, 1.165) is 0 Å². The molecule has 0 aromatic carbocycles. The number of rotatable bonds is 0. The Morgan fingerprint density at radius 1 is 0.900 bits per heavy atom. The Morgan fingerprint density at radius 2 is 1.00 bits per heavy atom. The number of hydrogen-bond donors (Lipinski definition) is 0. The highest BCUT2D eigenvalue weighted by atomic mass is 35.5. The molecule has 2 aliphatic heterocycles. The molecule has 0 radical (unpaired) electrons. The molecular weight excluding hydrogens is 175 g/mol. The van der Waals surface area contributed by atoms with Crippen LogP contribution in [0.4, 0.5) is 0 Å². The van der Waals surface area contributed by atoms with E-state index < -0.39 is 0 Å². The van der Waals surface area contributed by atoms with E-state index >= 15 is 0 Å². The smallest absolute Gasteiger partial charge is 0.157 e. The molecule has 4 heteroatoms. The van der Waals surface area contributed by atoms with Gasteiger partial charge in [0.1, 0.15) is 0 Å². The first-order valence-electron chi connectivity index (χ1n) is 3.20. The number of hydrogen-bond acceptors (Lipinski definition) is 2. The Morgan fingerprint density at radius 3 is 1.00 bits per heavy atom. The Labute approximate surface area is 70.4 Å². The Balaban J connectivity index is 0.0000001000. The van der Waals surface area contributed by atoms with E-state index in [-0.39, 0.29) is 11.1 Å². The predicted molar refractivity (Wildman–Crippen MR) is 40.4 cm³/mol. The summed E-state index contributed by atoms with van der Waals surface area (Å²) in [5.41, 5.74) is 0.0463. The molecule has 0 saturated carbocycles. The van der Waals surface area contributed by atoms with Gasteiger partial charge in [-0.05, 0) is 13.8 Å². The summed E-state index contributed by atoms with van der Waals surface area (Å²) in [5.74, 6) is 0. The predicted octanol–water partition coefficient (Wildman–Crippen LogP) is 1.94. The highest BCUT2D eigenvalue weighted by Gasteiger charge is 2.31. The van der Waals surface area contributed by atoms with Crippen molar-refractivity contribution in [3.8, 4) is 0 Å². The third kappa shape index (κ3) is 3.06. The van der Waals surface area contributed by atoms with Crippen molar-refractivity contribution in [2.45, 2.75) is 37.2 Å². The number of epoxide rings is 2. The van der Waals surface area contributed by atoms with E-state index in [2.05, 4.69) is 9.47 Å². The summed E-state index contributed by atoms with van der Waals surface area (Å²) in [5, 5.41) is 0. The number of halogens is 2. The van der Waals surface area contributed by atoms with Crippen LogP contribution in [0, 0.1) is 0 Å². The van der Waals surface area contributed by atoms with Crippen LogP contribution in [0.1, 0.15) is 13.8 Å². The van der Waals surface area contributed by atoms with E-state index in [1.165, 1.54) is 0 Å². The molecule has 0 aliphatic carbocycles. The summed E-state index contributed by atoms with van der Waals surface area (Å²) < 4.78 is 9.36. The van der Waals surface area contributed by atoms with Crippen LogP contribution in [0.15, 0.2) is 0 Å². The van der Waals surface area contributed by atoms with E-state index in [0.29, 0.717) is 12.2 Å². The quantitative estimate of drug-likeness (QED) is 0.425. The zero-order chi connectivity index (χ0) is 7.72. The Kier molecular flexibility index (Phi) is 2.81. The molecule has 0 aromatic rings. The maximum Gasteiger partial charge on any atom is 0.157 e. The molecule has 4 unspecified atom stereocenters.